The Bertz CT molecular complexity index is 603. The Morgan fingerprint density at radius 2 is 2.05 bits per heavy atom. The number of thioether (sulfide) groups is 1. The van der Waals surface area contributed by atoms with Gasteiger partial charge in [-0.15, -0.1) is 23.1 Å². The molecule has 0 aliphatic carbocycles. The highest BCUT2D eigenvalue weighted by atomic mass is 32.2. The van der Waals surface area contributed by atoms with Crippen molar-refractivity contribution in [2.75, 3.05) is 5.75 Å². The number of fused-ring (bicyclic) bond motifs is 1. The van der Waals surface area contributed by atoms with Gasteiger partial charge in [0.15, 0.2) is 0 Å². The van der Waals surface area contributed by atoms with Gasteiger partial charge in [0.25, 0.3) is 0 Å². The van der Waals surface area contributed by atoms with Gasteiger partial charge < -0.3 is 5.32 Å². The summed E-state index contributed by atoms with van der Waals surface area (Å²) in [6.07, 6.45) is 1.22. The molecule has 0 spiro atoms. The molecule has 1 N–H and O–H groups in total. The maximum Gasteiger partial charge on any atom is 0.0344 e. The fourth-order valence-electron chi connectivity index (χ4n) is 2.99. The Morgan fingerprint density at radius 1 is 1.25 bits per heavy atom. The lowest BCUT2D eigenvalue weighted by atomic mass is 10.0. The van der Waals surface area contributed by atoms with Crippen molar-refractivity contribution in [2.24, 2.45) is 0 Å². The van der Waals surface area contributed by atoms with Crippen LogP contribution in [-0.4, -0.2) is 5.75 Å². The molecule has 0 radical (unpaired) electrons. The van der Waals surface area contributed by atoms with E-state index in [0.717, 1.165) is 0 Å². The highest BCUT2D eigenvalue weighted by Crippen LogP contribution is 2.37. The van der Waals surface area contributed by atoms with Crippen LogP contribution in [0.5, 0.6) is 0 Å². The molecule has 0 saturated heterocycles. The van der Waals surface area contributed by atoms with E-state index in [1.54, 1.807) is 0 Å². The van der Waals surface area contributed by atoms with Crippen LogP contribution in [0.3, 0.4) is 0 Å². The van der Waals surface area contributed by atoms with Crippen molar-refractivity contribution in [3.8, 4) is 0 Å². The van der Waals surface area contributed by atoms with Crippen molar-refractivity contribution >= 4 is 23.1 Å². The molecule has 0 amide bonds. The third-order valence-corrected chi connectivity index (χ3v) is 6.06. The molecule has 3 heteroatoms. The third-order valence-electron chi connectivity index (χ3n) is 3.96. The first-order valence-electron chi connectivity index (χ1n) is 7.20. The predicted molar refractivity (Wildman–Crippen MR) is 89.9 cm³/mol. The molecule has 3 rings (SSSR count). The van der Waals surface area contributed by atoms with Crippen LogP contribution in [0.25, 0.3) is 0 Å². The molecular weight excluding hydrogens is 282 g/mol. The summed E-state index contributed by atoms with van der Waals surface area (Å²) in [4.78, 5) is 4.30. The summed E-state index contributed by atoms with van der Waals surface area (Å²) in [5, 5.41) is 3.84. The zero-order chi connectivity index (χ0) is 14.1. The Hall–Kier alpha value is -0.770. The largest absolute Gasteiger partial charge is 0.303 e. The monoisotopic (exact) mass is 303 g/mol. The topological polar surface area (TPSA) is 12.0 Å². The van der Waals surface area contributed by atoms with Gasteiger partial charge in [-0.3, -0.25) is 0 Å². The number of nitrogens with one attached hydrogen (secondary N) is 1. The quantitative estimate of drug-likeness (QED) is 0.831. The maximum absolute atomic E-state index is 3.84. The summed E-state index contributed by atoms with van der Waals surface area (Å²) in [7, 11) is 0. The average molecular weight is 303 g/mol. The SMILES string of the molecule is Cc1cc(C(C)NC2CCSc3ccccc32)c(C)s1. The molecule has 1 aliphatic heterocycles. The first-order valence-corrected chi connectivity index (χ1v) is 9.00. The van der Waals surface area contributed by atoms with Crippen LogP contribution in [0.15, 0.2) is 35.2 Å². The van der Waals surface area contributed by atoms with Crippen LogP contribution in [0.4, 0.5) is 0 Å². The second-order valence-electron chi connectivity index (χ2n) is 5.48. The summed E-state index contributed by atoms with van der Waals surface area (Å²) in [6.45, 7) is 6.72. The van der Waals surface area contributed by atoms with E-state index in [0.29, 0.717) is 12.1 Å². The van der Waals surface area contributed by atoms with Gasteiger partial charge in [0.1, 0.15) is 0 Å². The van der Waals surface area contributed by atoms with Crippen LogP contribution >= 0.6 is 23.1 Å². The van der Waals surface area contributed by atoms with E-state index in [2.05, 4.69) is 56.4 Å². The second kappa shape index (κ2) is 5.92. The Balaban J connectivity index is 1.80. The Labute approximate surface area is 129 Å². The minimum absolute atomic E-state index is 0.418. The van der Waals surface area contributed by atoms with Crippen molar-refractivity contribution in [1.29, 1.82) is 0 Å². The molecule has 2 unspecified atom stereocenters. The van der Waals surface area contributed by atoms with Gasteiger partial charge in [-0.2, -0.15) is 0 Å². The minimum Gasteiger partial charge on any atom is -0.303 e. The molecule has 1 aromatic heterocycles. The van der Waals surface area contributed by atoms with Gasteiger partial charge in [-0.25, -0.2) is 0 Å². The first-order chi connectivity index (χ1) is 9.65. The number of hydrogen-bond acceptors (Lipinski definition) is 3. The van der Waals surface area contributed by atoms with E-state index in [9.17, 15) is 0 Å². The van der Waals surface area contributed by atoms with Crippen molar-refractivity contribution in [3.63, 3.8) is 0 Å². The fraction of sp³-hybridized carbons (Fsp3) is 0.412. The Morgan fingerprint density at radius 3 is 2.80 bits per heavy atom. The molecule has 106 valence electrons. The molecule has 2 heterocycles. The van der Waals surface area contributed by atoms with E-state index >= 15 is 0 Å². The van der Waals surface area contributed by atoms with Gasteiger partial charge in [-0.05, 0) is 56.2 Å². The molecule has 1 aliphatic rings. The lowest BCUT2D eigenvalue weighted by Crippen LogP contribution is -2.27. The molecule has 2 atom stereocenters. The standard InChI is InChI=1S/C17H21NS2/c1-11-10-15(13(3)20-11)12(2)18-16-8-9-19-17-7-5-4-6-14(16)17/h4-7,10,12,16,18H,8-9H2,1-3H3. The zero-order valence-corrected chi connectivity index (χ0v) is 13.9. The van der Waals surface area contributed by atoms with Gasteiger partial charge >= 0.3 is 0 Å². The van der Waals surface area contributed by atoms with Crippen LogP contribution < -0.4 is 5.32 Å². The third kappa shape index (κ3) is 2.80. The van der Waals surface area contributed by atoms with Gasteiger partial charge in [-0.1, -0.05) is 18.2 Å². The fourth-order valence-corrected chi connectivity index (χ4v) is 5.13. The van der Waals surface area contributed by atoms with Crippen LogP contribution in [0.2, 0.25) is 0 Å². The van der Waals surface area contributed by atoms with Crippen LogP contribution in [-0.2, 0) is 0 Å². The summed E-state index contributed by atoms with van der Waals surface area (Å²) in [5.41, 5.74) is 2.93. The van der Waals surface area contributed by atoms with Gasteiger partial charge in [0.05, 0.1) is 0 Å². The lowest BCUT2D eigenvalue weighted by molar-refractivity contribution is 0.450. The van der Waals surface area contributed by atoms with Crippen molar-refractivity contribution < 1.29 is 0 Å². The summed E-state index contributed by atoms with van der Waals surface area (Å²) in [5.74, 6) is 1.21. The van der Waals surface area contributed by atoms with Crippen molar-refractivity contribution in [1.82, 2.24) is 5.32 Å². The minimum atomic E-state index is 0.418. The van der Waals surface area contributed by atoms with E-state index in [-0.39, 0.29) is 0 Å². The van der Waals surface area contributed by atoms with Crippen molar-refractivity contribution in [2.45, 2.75) is 44.2 Å². The smallest absolute Gasteiger partial charge is 0.0344 e. The predicted octanol–water partition coefficient (Wildman–Crippen LogP) is 5.25. The van der Waals surface area contributed by atoms with Crippen LogP contribution in [0, 0.1) is 13.8 Å². The zero-order valence-electron chi connectivity index (χ0n) is 12.3. The number of benzene rings is 1. The summed E-state index contributed by atoms with van der Waals surface area (Å²) in [6, 6.07) is 12.1. The molecule has 2 aromatic rings. The van der Waals surface area contributed by atoms with E-state index < -0.39 is 0 Å². The summed E-state index contributed by atoms with van der Waals surface area (Å²) < 4.78 is 0. The molecule has 1 nitrogen and oxygen atoms in total. The van der Waals surface area contributed by atoms with E-state index in [1.165, 1.54) is 38.0 Å². The molecule has 20 heavy (non-hydrogen) atoms. The second-order valence-corrected chi connectivity index (χ2v) is 8.08. The number of thiophene rings is 1. The first kappa shape index (κ1) is 14.2. The molecule has 0 fully saturated rings. The molecule has 1 aromatic carbocycles. The van der Waals surface area contributed by atoms with Crippen molar-refractivity contribution in [3.05, 3.63) is 51.2 Å². The number of aryl methyl sites for hydroxylation is 2. The lowest BCUT2D eigenvalue weighted by Gasteiger charge is -2.29. The molecule has 0 bridgehead atoms. The highest BCUT2D eigenvalue weighted by Gasteiger charge is 2.22. The number of hydrogen-bond donors (Lipinski definition) is 1. The van der Waals surface area contributed by atoms with Gasteiger partial charge in [0.2, 0.25) is 0 Å². The van der Waals surface area contributed by atoms with Gasteiger partial charge in [0, 0.05) is 26.7 Å². The van der Waals surface area contributed by atoms with E-state index in [4.69, 9.17) is 0 Å². The maximum atomic E-state index is 3.84. The van der Waals surface area contributed by atoms with E-state index in [1.807, 2.05) is 23.1 Å². The molecular formula is C17H21NS2. The highest BCUT2D eigenvalue weighted by molar-refractivity contribution is 7.99. The normalized spacial score (nSPS) is 19.6. The van der Waals surface area contributed by atoms with Crippen LogP contribution in [0.1, 0.15) is 46.3 Å². The Kier molecular flexibility index (Phi) is 4.20. The molecule has 0 saturated carbocycles. The summed E-state index contributed by atoms with van der Waals surface area (Å²) >= 11 is 3.89. The average Bonchev–Trinajstić information content (AvgIpc) is 2.78. The number of rotatable bonds is 3.